The van der Waals surface area contributed by atoms with Gasteiger partial charge in [-0.25, -0.2) is 4.68 Å². The molecule has 0 aromatic carbocycles. The van der Waals surface area contributed by atoms with Gasteiger partial charge in [-0.1, -0.05) is 32.9 Å². The number of halogens is 1. The average molecular weight is 289 g/mol. The number of aromatic nitrogens is 3. The van der Waals surface area contributed by atoms with Crippen molar-refractivity contribution in [3.8, 4) is 0 Å². The largest absolute Gasteiger partial charge is 0.308 e. The van der Waals surface area contributed by atoms with Crippen molar-refractivity contribution in [2.75, 3.05) is 6.54 Å². The van der Waals surface area contributed by atoms with E-state index in [9.17, 15) is 0 Å². The summed E-state index contributed by atoms with van der Waals surface area (Å²) in [6, 6.07) is 0.261. The molecule has 5 heteroatoms. The lowest BCUT2D eigenvalue weighted by Crippen LogP contribution is -2.35. The lowest BCUT2D eigenvalue weighted by atomic mass is 9.80. The molecular weight excluding hydrogens is 268 g/mol. The minimum atomic E-state index is 0.175. The number of nitrogens with one attached hydrogen (secondary N) is 1. The van der Waals surface area contributed by atoms with Crippen molar-refractivity contribution in [1.29, 1.82) is 0 Å². The van der Waals surface area contributed by atoms with Gasteiger partial charge in [0.05, 0.1) is 11.7 Å². The Morgan fingerprint density at radius 3 is 2.44 bits per heavy atom. The second-order valence-corrected chi connectivity index (χ2v) is 5.47. The van der Waals surface area contributed by atoms with Gasteiger partial charge in [-0.05, 0) is 34.3 Å². The predicted molar refractivity (Wildman–Crippen MR) is 69.2 cm³/mol. The summed E-state index contributed by atoms with van der Waals surface area (Å²) in [6.07, 6.45) is 1.10. The normalized spacial score (nSPS) is 14.1. The van der Waals surface area contributed by atoms with Gasteiger partial charge in [0.1, 0.15) is 0 Å². The van der Waals surface area contributed by atoms with Crippen LogP contribution in [0.5, 0.6) is 0 Å². The Bertz CT molecular complexity index is 326. The van der Waals surface area contributed by atoms with Crippen LogP contribution in [0.15, 0.2) is 4.60 Å². The SMILES string of the molecule is CCNC(c1c(Br)nnn1C)C(C)(C)CC. The quantitative estimate of drug-likeness (QED) is 0.906. The molecule has 4 nitrogen and oxygen atoms in total. The first-order valence-corrected chi connectivity index (χ1v) is 6.51. The number of hydrogen-bond acceptors (Lipinski definition) is 3. The lowest BCUT2D eigenvalue weighted by molar-refractivity contribution is 0.227. The van der Waals surface area contributed by atoms with E-state index in [0.717, 1.165) is 23.3 Å². The van der Waals surface area contributed by atoms with E-state index in [0.29, 0.717) is 0 Å². The van der Waals surface area contributed by atoms with Crippen molar-refractivity contribution >= 4 is 15.9 Å². The summed E-state index contributed by atoms with van der Waals surface area (Å²) in [5, 5.41) is 11.6. The van der Waals surface area contributed by atoms with E-state index in [-0.39, 0.29) is 11.5 Å². The molecule has 1 aromatic heterocycles. The Kier molecular flexibility index (Phi) is 4.50. The first kappa shape index (κ1) is 13.6. The third-order valence-corrected chi connectivity index (χ3v) is 3.77. The van der Waals surface area contributed by atoms with E-state index in [4.69, 9.17) is 0 Å². The zero-order valence-electron chi connectivity index (χ0n) is 10.7. The molecule has 0 saturated carbocycles. The van der Waals surface area contributed by atoms with Crippen LogP contribution in [0, 0.1) is 5.41 Å². The van der Waals surface area contributed by atoms with Gasteiger partial charge in [0.15, 0.2) is 4.60 Å². The minimum absolute atomic E-state index is 0.175. The Balaban J connectivity index is 3.12. The summed E-state index contributed by atoms with van der Waals surface area (Å²) in [4.78, 5) is 0. The summed E-state index contributed by atoms with van der Waals surface area (Å²) in [5.41, 5.74) is 1.29. The number of rotatable bonds is 5. The fourth-order valence-electron chi connectivity index (χ4n) is 1.80. The smallest absolute Gasteiger partial charge is 0.153 e. The second kappa shape index (κ2) is 5.27. The summed E-state index contributed by atoms with van der Waals surface area (Å²) < 4.78 is 2.68. The Morgan fingerprint density at radius 1 is 1.44 bits per heavy atom. The van der Waals surface area contributed by atoms with Crippen LogP contribution in [0.25, 0.3) is 0 Å². The van der Waals surface area contributed by atoms with Gasteiger partial charge in [0.2, 0.25) is 0 Å². The molecule has 0 radical (unpaired) electrons. The fourth-order valence-corrected chi connectivity index (χ4v) is 2.35. The zero-order valence-corrected chi connectivity index (χ0v) is 12.3. The summed E-state index contributed by atoms with van der Waals surface area (Å²) in [7, 11) is 1.93. The predicted octanol–water partition coefficient (Wildman–Crippen LogP) is 2.66. The van der Waals surface area contributed by atoms with Gasteiger partial charge in [-0.15, -0.1) is 5.10 Å². The lowest BCUT2D eigenvalue weighted by Gasteiger charge is -2.34. The van der Waals surface area contributed by atoms with Gasteiger partial charge in [0, 0.05) is 7.05 Å². The summed E-state index contributed by atoms with van der Waals surface area (Å²) >= 11 is 3.47. The topological polar surface area (TPSA) is 42.7 Å². The van der Waals surface area contributed by atoms with Crippen LogP contribution in [-0.4, -0.2) is 21.5 Å². The highest BCUT2D eigenvalue weighted by atomic mass is 79.9. The monoisotopic (exact) mass is 288 g/mol. The standard InChI is InChI=1S/C11H21BrN4/c1-6-11(3,4)9(13-7-2)8-10(12)14-15-16(8)5/h9,13H,6-7H2,1-5H3. The number of hydrogen-bond donors (Lipinski definition) is 1. The summed E-state index contributed by atoms with van der Waals surface area (Å²) in [6.45, 7) is 9.80. The molecule has 0 spiro atoms. The highest BCUT2D eigenvalue weighted by Crippen LogP contribution is 2.38. The number of nitrogens with zero attached hydrogens (tertiary/aromatic N) is 3. The Morgan fingerprint density at radius 2 is 2.06 bits per heavy atom. The highest BCUT2D eigenvalue weighted by molar-refractivity contribution is 9.10. The van der Waals surface area contributed by atoms with E-state index in [1.807, 2.05) is 11.7 Å². The minimum Gasteiger partial charge on any atom is -0.308 e. The molecule has 0 aliphatic heterocycles. The molecule has 0 aliphatic rings. The Labute approximate surface area is 106 Å². The maximum absolute atomic E-state index is 4.06. The molecular formula is C11H21BrN4. The third-order valence-electron chi connectivity index (χ3n) is 3.20. The van der Waals surface area contributed by atoms with Gasteiger partial charge < -0.3 is 5.32 Å². The second-order valence-electron chi connectivity index (χ2n) is 4.72. The van der Waals surface area contributed by atoms with Crippen LogP contribution < -0.4 is 5.32 Å². The van der Waals surface area contributed by atoms with Gasteiger partial charge in [-0.3, -0.25) is 0 Å². The Hall–Kier alpha value is -0.420. The molecule has 0 aliphatic carbocycles. The van der Waals surface area contributed by atoms with Crippen molar-refractivity contribution in [2.24, 2.45) is 12.5 Å². The van der Waals surface area contributed by atoms with Crippen LogP contribution in [0.1, 0.15) is 45.9 Å². The molecule has 16 heavy (non-hydrogen) atoms. The van der Waals surface area contributed by atoms with Crippen LogP contribution in [0.2, 0.25) is 0 Å². The maximum atomic E-state index is 4.06. The van der Waals surface area contributed by atoms with E-state index in [2.05, 4.69) is 59.3 Å². The van der Waals surface area contributed by atoms with Crippen LogP contribution in [-0.2, 0) is 7.05 Å². The first-order valence-electron chi connectivity index (χ1n) is 5.72. The molecule has 1 N–H and O–H groups in total. The molecule has 0 fully saturated rings. The van der Waals surface area contributed by atoms with Gasteiger partial charge in [-0.2, -0.15) is 0 Å². The molecule has 1 rings (SSSR count). The molecule has 92 valence electrons. The molecule has 1 heterocycles. The van der Waals surface area contributed by atoms with Crippen molar-refractivity contribution < 1.29 is 0 Å². The van der Waals surface area contributed by atoms with Gasteiger partial charge in [0.25, 0.3) is 0 Å². The molecule has 0 amide bonds. The highest BCUT2D eigenvalue weighted by Gasteiger charge is 2.32. The number of aryl methyl sites for hydroxylation is 1. The first-order chi connectivity index (χ1) is 7.44. The van der Waals surface area contributed by atoms with E-state index in [1.54, 1.807) is 0 Å². The third kappa shape index (κ3) is 2.63. The molecule has 1 atom stereocenters. The molecule has 0 saturated heterocycles. The van der Waals surface area contributed by atoms with Crippen molar-refractivity contribution in [3.05, 3.63) is 10.3 Å². The van der Waals surface area contributed by atoms with Crippen LogP contribution in [0.3, 0.4) is 0 Å². The van der Waals surface area contributed by atoms with Crippen molar-refractivity contribution in [3.63, 3.8) is 0 Å². The molecule has 1 unspecified atom stereocenters. The maximum Gasteiger partial charge on any atom is 0.153 e. The molecule has 1 aromatic rings. The van der Waals surface area contributed by atoms with Crippen molar-refractivity contribution in [2.45, 2.75) is 40.2 Å². The average Bonchev–Trinajstić information content (AvgIpc) is 2.56. The van der Waals surface area contributed by atoms with Crippen LogP contribution in [0.4, 0.5) is 0 Å². The summed E-state index contributed by atoms with van der Waals surface area (Å²) in [5.74, 6) is 0. The van der Waals surface area contributed by atoms with Gasteiger partial charge >= 0.3 is 0 Å². The van der Waals surface area contributed by atoms with E-state index < -0.39 is 0 Å². The zero-order chi connectivity index (χ0) is 12.3. The van der Waals surface area contributed by atoms with Crippen molar-refractivity contribution in [1.82, 2.24) is 20.3 Å². The fraction of sp³-hybridized carbons (Fsp3) is 0.818. The van der Waals surface area contributed by atoms with E-state index >= 15 is 0 Å². The van der Waals surface area contributed by atoms with E-state index in [1.165, 1.54) is 0 Å². The van der Waals surface area contributed by atoms with Crippen LogP contribution >= 0.6 is 15.9 Å². The molecule has 0 bridgehead atoms.